The fourth-order valence-corrected chi connectivity index (χ4v) is 1.58. The fraction of sp³-hybridized carbons (Fsp3) is 0.125. The van der Waals surface area contributed by atoms with Crippen LogP contribution in [0.4, 0.5) is 0 Å². The van der Waals surface area contributed by atoms with Crippen LogP contribution in [-0.2, 0) is 15.9 Å². The zero-order chi connectivity index (χ0) is 9.90. The Bertz CT molecular complexity index is 450. The van der Waals surface area contributed by atoms with Crippen molar-refractivity contribution in [3.05, 3.63) is 35.4 Å². The van der Waals surface area contributed by atoms with E-state index in [0.29, 0.717) is 0 Å². The molecular formula is C8H6NNaO3S. The maximum atomic E-state index is 10.4. The van der Waals surface area contributed by atoms with Crippen molar-refractivity contribution in [1.82, 2.24) is 0 Å². The molecule has 0 radical (unpaired) electrons. The zero-order valence-electron chi connectivity index (χ0n) is 7.60. The van der Waals surface area contributed by atoms with Gasteiger partial charge in [0.2, 0.25) is 0 Å². The van der Waals surface area contributed by atoms with E-state index >= 15 is 0 Å². The first-order valence-corrected chi connectivity index (χ1v) is 5.02. The Hall–Kier alpha value is -0.380. The molecule has 1 aromatic carbocycles. The minimum absolute atomic E-state index is 0. The summed E-state index contributed by atoms with van der Waals surface area (Å²) in [6, 6.07) is 7.94. The summed E-state index contributed by atoms with van der Waals surface area (Å²) in [5.41, 5.74) is 0.474. The molecule has 4 nitrogen and oxygen atoms in total. The van der Waals surface area contributed by atoms with Gasteiger partial charge in [-0.05, 0) is 11.6 Å². The number of nitriles is 1. The van der Waals surface area contributed by atoms with Crippen LogP contribution in [0, 0.1) is 11.3 Å². The van der Waals surface area contributed by atoms with Crippen LogP contribution < -0.4 is 29.6 Å². The van der Waals surface area contributed by atoms with Crippen LogP contribution in [0.25, 0.3) is 0 Å². The van der Waals surface area contributed by atoms with Crippen molar-refractivity contribution in [2.75, 3.05) is 0 Å². The number of hydrogen-bond donors (Lipinski definition) is 0. The van der Waals surface area contributed by atoms with Crippen molar-refractivity contribution in [2.45, 2.75) is 5.75 Å². The van der Waals surface area contributed by atoms with Crippen molar-refractivity contribution in [3.8, 4) is 6.07 Å². The molecule has 0 heterocycles. The fourth-order valence-electron chi connectivity index (χ4n) is 0.946. The average Bonchev–Trinajstić information content (AvgIpc) is 2.02. The molecule has 0 aliphatic carbocycles. The molecule has 0 aromatic heterocycles. The van der Waals surface area contributed by atoms with Crippen LogP contribution >= 0.6 is 0 Å². The number of hydrogen-bond acceptors (Lipinski definition) is 4. The van der Waals surface area contributed by atoms with Gasteiger partial charge in [0.15, 0.2) is 0 Å². The van der Waals surface area contributed by atoms with Gasteiger partial charge in [-0.2, -0.15) is 5.26 Å². The Kier molecular flexibility index (Phi) is 5.34. The topological polar surface area (TPSA) is 81.0 Å². The maximum Gasteiger partial charge on any atom is 1.00 e. The Morgan fingerprint density at radius 1 is 1.36 bits per heavy atom. The molecule has 0 atom stereocenters. The van der Waals surface area contributed by atoms with Gasteiger partial charge in [-0.15, -0.1) is 0 Å². The molecule has 68 valence electrons. The van der Waals surface area contributed by atoms with Gasteiger partial charge in [0, 0.05) is 0 Å². The predicted molar refractivity (Wildman–Crippen MR) is 44.6 cm³/mol. The summed E-state index contributed by atoms with van der Waals surface area (Å²) in [6.07, 6.45) is 0. The molecular weight excluding hydrogens is 213 g/mol. The summed E-state index contributed by atoms with van der Waals surface area (Å²) in [5, 5.41) is 8.57. The Morgan fingerprint density at radius 2 is 1.93 bits per heavy atom. The monoisotopic (exact) mass is 219 g/mol. The second kappa shape index (κ2) is 5.49. The molecule has 1 aromatic rings. The van der Waals surface area contributed by atoms with Gasteiger partial charge in [-0.1, -0.05) is 18.2 Å². The first-order chi connectivity index (χ1) is 6.03. The van der Waals surface area contributed by atoms with E-state index in [9.17, 15) is 13.0 Å². The van der Waals surface area contributed by atoms with Gasteiger partial charge < -0.3 is 4.55 Å². The van der Waals surface area contributed by atoms with E-state index in [-0.39, 0.29) is 40.7 Å². The molecule has 0 saturated heterocycles. The largest absolute Gasteiger partial charge is 1.00 e. The van der Waals surface area contributed by atoms with Crippen molar-refractivity contribution in [1.29, 1.82) is 5.26 Å². The van der Waals surface area contributed by atoms with E-state index < -0.39 is 15.9 Å². The molecule has 0 saturated carbocycles. The summed E-state index contributed by atoms with van der Waals surface area (Å²) in [6.45, 7) is 0. The Balaban J connectivity index is 0.00000169. The van der Waals surface area contributed by atoms with Crippen LogP contribution in [0.2, 0.25) is 0 Å². The average molecular weight is 219 g/mol. The summed E-state index contributed by atoms with van der Waals surface area (Å²) in [5.74, 6) is -0.628. The van der Waals surface area contributed by atoms with E-state index in [4.69, 9.17) is 5.26 Å². The third-order valence-electron chi connectivity index (χ3n) is 1.47. The molecule has 0 amide bonds. The second-order valence-corrected chi connectivity index (χ2v) is 3.87. The minimum atomic E-state index is -4.31. The minimum Gasteiger partial charge on any atom is -0.748 e. The van der Waals surface area contributed by atoms with E-state index in [1.165, 1.54) is 12.1 Å². The zero-order valence-corrected chi connectivity index (χ0v) is 10.4. The summed E-state index contributed by atoms with van der Waals surface area (Å²) in [4.78, 5) is 0. The second-order valence-electron chi connectivity index (χ2n) is 2.47. The van der Waals surface area contributed by atoms with E-state index in [0.717, 1.165) is 0 Å². The van der Waals surface area contributed by atoms with Gasteiger partial charge in [0.25, 0.3) is 0 Å². The molecule has 14 heavy (non-hydrogen) atoms. The normalized spacial score (nSPS) is 10.0. The molecule has 0 unspecified atom stereocenters. The number of nitrogens with zero attached hydrogens (tertiary/aromatic N) is 1. The Labute approximate surface area is 105 Å². The molecule has 0 bridgehead atoms. The summed E-state index contributed by atoms with van der Waals surface area (Å²) >= 11 is 0. The van der Waals surface area contributed by atoms with Gasteiger partial charge in [0.05, 0.1) is 27.5 Å². The van der Waals surface area contributed by atoms with E-state index in [1.54, 1.807) is 12.1 Å². The van der Waals surface area contributed by atoms with Crippen molar-refractivity contribution in [2.24, 2.45) is 0 Å². The molecule has 0 aliphatic heterocycles. The quantitative estimate of drug-likeness (QED) is 0.410. The van der Waals surface area contributed by atoms with Crippen molar-refractivity contribution >= 4 is 10.1 Å². The summed E-state index contributed by atoms with van der Waals surface area (Å²) in [7, 11) is -4.31. The van der Waals surface area contributed by atoms with Crippen LogP contribution in [0.3, 0.4) is 0 Å². The molecule has 0 N–H and O–H groups in total. The van der Waals surface area contributed by atoms with Gasteiger partial charge >= 0.3 is 29.6 Å². The van der Waals surface area contributed by atoms with Crippen molar-refractivity contribution < 1.29 is 42.5 Å². The third-order valence-corrected chi connectivity index (χ3v) is 2.13. The molecule has 1 rings (SSSR count). The van der Waals surface area contributed by atoms with Crippen LogP contribution in [0.15, 0.2) is 24.3 Å². The summed E-state index contributed by atoms with van der Waals surface area (Å²) < 4.78 is 31.2. The SMILES string of the molecule is N#Cc1ccccc1CS(=O)(=O)[O-].[Na+]. The number of rotatable bonds is 2. The predicted octanol–water partition coefficient (Wildman–Crippen LogP) is -2.39. The van der Waals surface area contributed by atoms with Crippen LogP contribution in [0.1, 0.15) is 11.1 Å². The van der Waals surface area contributed by atoms with Gasteiger partial charge in [0.1, 0.15) is 0 Å². The van der Waals surface area contributed by atoms with E-state index in [1.807, 2.05) is 6.07 Å². The van der Waals surface area contributed by atoms with Gasteiger partial charge in [-0.3, -0.25) is 0 Å². The first kappa shape index (κ1) is 13.6. The van der Waals surface area contributed by atoms with Gasteiger partial charge in [-0.25, -0.2) is 8.42 Å². The van der Waals surface area contributed by atoms with Crippen LogP contribution in [0.5, 0.6) is 0 Å². The first-order valence-electron chi connectivity index (χ1n) is 3.44. The Morgan fingerprint density at radius 3 is 2.43 bits per heavy atom. The smallest absolute Gasteiger partial charge is 0.748 e. The van der Waals surface area contributed by atoms with Crippen LogP contribution in [-0.4, -0.2) is 13.0 Å². The number of benzene rings is 1. The molecule has 6 heteroatoms. The standard InChI is InChI=1S/C8H7NO3S.Na/c9-5-7-3-1-2-4-8(7)6-13(10,11)12;/h1-4H,6H2,(H,10,11,12);/q;+1/p-1. The van der Waals surface area contributed by atoms with Crippen molar-refractivity contribution in [3.63, 3.8) is 0 Å². The molecule has 0 spiro atoms. The molecule has 0 fully saturated rings. The van der Waals surface area contributed by atoms with E-state index in [2.05, 4.69) is 0 Å². The maximum absolute atomic E-state index is 10.4. The molecule has 0 aliphatic rings. The third kappa shape index (κ3) is 4.22.